The number of nitrogens with one attached hydrogen (secondary N) is 1. The van der Waals surface area contributed by atoms with Crippen LogP contribution in [0.25, 0.3) is 20.4 Å². The van der Waals surface area contributed by atoms with Crippen LogP contribution >= 0.6 is 11.3 Å². The highest BCUT2D eigenvalue weighted by atomic mass is 32.1. The second-order valence-corrected chi connectivity index (χ2v) is 5.84. The van der Waals surface area contributed by atoms with E-state index in [0.29, 0.717) is 42.3 Å². The highest BCUT2D eigenvalue weighted by molar-refractivity contribution is 7.25. The molecular formula is C14H17N5O3S. The quantitative estimate of drug-likeness (QED) is 0.647. The van der Waals surface area contributed by atoms with Gasteiger partial charge in [-0.2, -0.15) is 0 Å². The summed E-state index contributed by atoms with van der Waals surface area (Å²) in [5.74, 6) is 0.667. The number of hydrogen-bond acceptors (Lipinski definition) is 8. The van der Waals surface area contributed by atoms with Crippen LogP contribution in [0.1, 0.15) is 0 Å². The van der Waals surface area contributed by atoms with Gasteiger partial charge in [0.1, 0.15) is 27.2 Å². The summed E-state index contributed by atoms with van der Waals surface area (Å²) in [6, 6.07) is 0. The monoisotopic (exact) mass is 335 g/mol. The molecule has 1 N–H and O–H groups in total. The first kappa shape index (κ1) is 15.8. The molecule has 0 saturated heterocycles. The van der Waals surface area contributed by atoms with Crippen LogP contribution in [0.3, 0.4) is 0 Å². The molecule has 0 unspecified atom stereocenters. The van der Waals surface area contributed by atoms with Crippen LogP contribution in [0.15, 0.2) is 17.4 Å². The van der Waals surface area contributed by atoms with Gasteiger partial charge in [0.05, 0.1) is 31.5 Å². The Morgan fingerprint density at radius 1 is 1.22 bits per heavy atom. The van der Waals surface area contributed by atoms with Crippen LogP contribution in [0.2, 0.25) is 0 Å². The molecule has 0 spiro atoms. The maximum absolute atomic E-state index is 12.6. The lowest BCUT2D eigenvalue weighted by Crippen LogP contribution is -2.21. The zero-order valence-electron chi connectivity index (χ0n) is 12.9. The van der Waals surface area contributed by atoms with E-state index < -0.39 is 0 Å². The molecule has 0 aliphatic heterocycles. The fourth-order valence-electron chi connectivity index (χ4n) is 2.25. The topological polar surface area (TPSA) is 91.2 Å². The molecule has 9 heteroatoms. The summed E-state index contributed by atoms with van der Waals surface area (Å²) in [4.78, 5) is 26.3. The molecule has 0 atom stereocenters. The minimum absolute atomic E-state index is 0.0853. The van der Waals surface area contributed by atoms with E-state index in [-0.39, 0.29) is 5.56 Å². The van der Waals surface area contributed by atoms with Gasteiger partial charge in [-0.1, -0.05) is 0 Å². The molecule has 8 nitrogen and oxygen atoms in total. The minimum Gasteiger partial charge on any atom is -0.383 e. The van der Waals surface area contributed by atoms with Crippen molar-refractivity contribution in [1.29, 1.82) is 0 Å². The second-order valence-electron chi connectivity index (χ2n) is 4.84. The summed E-state index contributed by atoms with van der Waals surface area (Å²) in [6.07, 6.45) is 3.03. The minimum atomic E-state index is -0.0853. The Kier molecular flexibility index (Phi) is 4.79. The number of thiophene rings is 1. The Morgan fingerprint density at radius 3 is 2.83 bits per heavy atom. The number of ether oxygens (including phenoxy) is 2. The average Bonchev–Trinajstić information content (AvgIpc) is 2.95. The fourth-order valence-corrected chi connectivity index (χ4v) is 3.30. The molecular weight excluding hydrogens is 318 g/mol. The number of rotatable bonds is 7. The zero-order valence-corrected chi connectivity index (χ0v) is 13.7. The first-order chi connectivity index (χ1) is 11.3. The van der Waals surface area contributed by atoms with Crippen molar-refractivity contribution in [2.24, 2.45) is 0 Å². The van der Waals surface area contributed by atoms with Gasteiger partial charge in [-0.3, -0.25) is 9.36 Å². The van der Waals surface area contributed by atoms with E-state index in [4.69, 9.17) is 9.47 Å². The molecule has 0 radical (unpaired) electrons. The first-order valence-corrected chi connectivity index (χ1v) is 7.92. The Morgan fingerprint density at radius 2 is 2.04 bits per heavy atom. The van der Waals surface area contributed by atoms with Gasteiger partial charge in [0.2, 0.25) is 0 Å². The van der Waals surface area contributed by atoms with Crippen molar-refractivity contribution < 1.29 is 9.47 Å². The number of nitrogens with zero attached hydrogens (tertiary/aromatic N) is 4. The lowest BCUT2D eigenvalue weighted by atomic mass is 10.3. The van der Waals surface area contributed by atoms with Crippen molar-refractivity contribution in [2.75, 3.05) is 39.3 Å². The highest BCUT2D eigenvalue weighted by Gasteiger charge is 2.16. The van der Waals surface area contributed by atoms with Crippen LogP contribution in [0, 0.1) is 0 Å². The summed E-state index contributed by atoms with van der Waals surface area (Å²) >= 11 is 1.33. The van der Waals surface area contributed by atoms with Gasteiger partial charge in [0, 0.05) is 20.8 Å². The summed E-state index contributed by atoms with van der Waals surface area (Å²) in [7, 11) is 3.24. The van der Waals surface area contributed by atoms with E-state index in [0.717, 1.165) is 10.2 Å². The molecule has 3 rings (SSSR count). The maximum atomic E-state index is 12.6. The number of methoxy groups -OCH3 is 2. The predicted molar refractivity (Wildman–Crippen MR) is 89.2 cm³/mol. The highest BCUT2D eigenvalue weighted by Crippen LogP contribution is 2.32. The van der Waals surface area contributed by atoms with Gasteiger partial charge >= 0.3 is 0 Å². The standard InChI is InChI=1S/C14H17N5O3S/c1-21-5-3-15-12-9-10-11(23-13(9)17-7-16-12)14(20)19(8-18-10)4-6-22-2/h7-8H,3-6H2,1-2H3,(H,15,16,17). The third-order valence-electron chi connectivity index (χ3n) is 3.38. The predicted octanol–water partition coefficient (Wildman–Crippen LogP) is 1.11. The van der Waals surface area contributed by atoms with Crippen LogP contribution < -0.4 is 10.9 Å². The molecule has 0 aromatic carbocycles. The molecule has 0 aliphatic carbocycles. The van der Waals surface area contributed by atoms with Crippen molar-refractivity contribution in [3.8, 4) is 0 Å². The first-order valence-electron chi connectivity index (χ1n) is 7.10. The van der Waals surface area contributed by atoms with Crippen LogP contribution in [-0.4, -0.2) is 53.5 Å². The Balaban J connectivity index is 2.10. The van der Waals surface area contributed by atoms with E-state index in [1.165, 1.54) is 17.7 Å². The summed E-state index contributed by atoms with van der Waals surface area (Å²) in [5, 5.41) is 3.97. The fraction of sp³-hybridized carbons (Fsp3) is 0.429. The lowest BCUT2D eigenvalue weighted by Gasteiger charge is -2.06. The number of aromatic nitrogens is 4. The number of hydrogen-bond donors (Lipinski definition) is 1. The van der Waals surface area contributed by atoms with E-state index in [9.17, 15) is 4.79 Å². The van der Waals surface area contributed by atoms with Gasteiger partial charge in [0.15, 0.2) is 0 Å². The smallest absolute Gasteiger partial charge is 0.271 e. The molecule has 122 valence electrons. The maximum Gasteiger partial charge on any atom is 0.271 e. The van der Waals surface area contributed by atoms with Gasteiger partial charge in [-0.05, 0) is 0 Å². The largest absolute Gasteiger partial charge is 0.383 e. The second kappa shape index (κ2) is 6.99. The third-order valence-corrected chi connectivity index (χ3v) is 4.45. The Bertz CT molecular complexity index is 876. The van der Waals surface area contributed by atoms with Gasteiger partial charge < -0.3 is 14.8 Å². The SMILES string of the molecule is COCCNc1ncnc2sc3c(=O)n(CCOC)cnc3c12. The summed E-state index contributed by atoms with van der Waals surface area (Å²) < 4.78 is 12.2. The molecule has 0 bridgehead atoms. The van der Waals surface area contributed by atoms with E-state index in [2.05, 4.69) is 20.3 Å². The van der Waals surface area contributed by atoms with Crippen LogP contribution in [0.4, 0.5) is 5.82 Å². The van der Waals surface area contributed by atoms with Crippen molar-refractivity contribution in [3.05, 3.63) is 23.0 Å². The molecule has 3 aromatic rings. The number of fused-ring (bicyclic) bond motifs is 3. The van der Waals surface area contributed by atoms with E-state index >= 15 is 0 Å². The molecule has 0 saturated carbocycles. The van der Waals surface area contributed by atoms with Gasteiger partial charge in [0.25, 0.3) is 5.56 Å². The molecule has 0 aliphatic rings. The van der Waals surface area contributed by atoms with E-state index in [1.54, 1.807) is 25.1 Å². The Hall–Kier alpha value is -2.10. The average molecular weight is 335 g/mol. The molecule has 3 heterocycles. The number of anilines is 1. The van der Waals surface area contributed by atoms with E-state index in [1.807, 2.05) is 0 Å². The molecule has 0 amide bonds. The van der Waals surface area contributed by atoms with Crippen LogP contribution in [-0.2, 0) is 16.0 Å². The van der Waals surface area contributed by atoms with Crippen molar-refractivity contribution in [2.45, 2.75) is 6.54 Å². The van der Waals surface area contributed by atoms with Crippen molar-refractivity contribution >= 4 is 37.6 Å². The summed E-state index contributed by atoms with van der Waals surface area (Å²) in [5.41, 5.74) is 0.544. The van der Waals surface area contributed by atoms with Crippen molar-refractivity contribution in [3.63, 3.8) is 0 Å². The van der Waals surface area contributed by atoms with Crippen LogP contribution in [0.5, 0.6) is 0 Å². The Labute approximate surface area is 136 Å². The molecule has 0 fully saturated rings. The lowest BCUT2D eigenvalue weighted by molar-refractivity contribution is 0.186. The molecule has 3 aromatic heterocycles. The normalized spacial score (nSPS) is 11.4. The third kappa shape index (κ3) is 3.03. The zero-order chi connectivity index (χ0) is 16.2. The summed E-state index contributed by atoms with van der Waals surface area (Å²) in [6.45, 7) is 2.11. The van der Waals surface area contributed by atoms with Crippen molar-refractivity contribution in [1.82, 2.24) is 19.5 Å². The van der Waals surface area contributed by atoms with Gasteiger partial charge in [-0.15, -0.1) is 11.3 Å². The molecule has 23 heavy (non-hydrogen) atoms. The van der Waals surface area contributed by atoms with Gasteiger partial charge in [-0.25, -0.2) is 15.0 Å².